The van der Waals surface area contributed by atoms with Crippen molar-refractivity contribution in [1.82, 2.24) is 5.32 Å². The summed E-state index contributed by atoms with van der Waals surface area (Å²) in [5, 5.41) is 3.09. The molecule has 0 radical (unpaired) electrons. The molecule has 19 heavy (non-hydrogen) atoms. The molecule has 0 bridgehead atoms. The van der Waals surface area contributed by atoms with E-state index in [1.54, 1.807) is 6.07 Å². The third kappa shape index (κ3) is 2.16. The number of rotatable bonds is 2. The summed E-state index contributed by atoms with van der Waals surface area (Å²) < 4.78 is 0. The second-order valence-corrected chi connectivity index (χ2v) is 6.29. The van der Waals surface area contributed by atoms with Gasteiger partial charge in [0.25, 0.3) is 0 Å². The summed E-state index contributed by atoms with van der Waals surface area (Å²) >= 11 is 6.03. The van der Waals surface area contributed by atoms with Crippen molar-refractivity contribution >= 4 is 23.4 Å². The molecular formula is C15H16ClNO2. The zero-order valence-electron chi connectivity index (χ0n) is 10.8. The van der Waals surface area contributed by atoms with Gasteiger partial charge in [0.15, 0.2) is 0 Å². The summed E-state index contributed by atoms with van der Waals surface area (Å²) in [6.07, 6.45) is 2.63. The smallest absolute Gasteiger partial charge is 0.234 e. The summed E-state index contributed by atoms with van der Waals surface area (Å²) in [5.41, 5.74) is 0.635. The molecule has 100 valence electrons. The first-order chi connectivity index (χ1) is 9.00. The van der Waals surface area contributed by atoms with Crippen LogP contribution in [0.3, 0.4) is 0 Å². The van der Waals surface area contributed by atoms with Gasteiger partial charge in [-0.05, 0) is 41.9 Å². The van der Waals surface area contributed by atoms with Gasteiger partial charge >= 0.3 is 0 Å². The van der Waals surface area contributed by atoms with Crippen LogP contribution in [-0.2, 0) is 9.59 Å². The van der Waals surface area contributed by atoms with Crippen molar-refractivity contribution in [1.29, 1.82) is 0 Å². The van der Waals surface area contributed by atoms with Crippen molar-refractivity contribution in [2.75, 3.05) is 0 Å². The van der Waals surface area contributed by atoms with E-state index in [4.69, 9.17) is 11.6 Å². The Bertz CT molecular complexity index is 553. The third-order valence-corrected chi connectivity index (χ3v) is 4.65. The van der Waals surface area contributed by atoms with E-state index in [1.807, 2.05) is 18.2 Å². The normalized spacial score (nSPS) is 31.2. The molecule has 4 heteroatoms. The molecule has 2 aliphatic rings. The number of piperidine rings is 1. The highest BCUT2D eigenvalue weighted by Gasteiger charge is 2.53. The number of benzene rings is 1. The Kier molecular flexibility index (Phi) is 2.90. The van der Waals surface area contributed by atoms with Crippen LogP contribution in [0.15, 0.2) is 24.3 Å². The zero-order valence-corrected chi connectivity index (χ0v) is 11.5. The number of carbonyl (C=O) groups is 2. The summed E-state index contributed by atoms with van der Waals surface area (Å²) in [7, 11) is 0. The van der Waals surface area contributed by atoms with E-state index < -0.39 is 0 Å². The van der Waals surface area contributed by atoms with Gasteiger partial charge < -0.3 is 0 Å². The minimum absolute atomic E-state index is 0.155. The Morgan fingerprint density at radius 2 is 2.05 bits per heavy atom. The van der Waals surface area contributed by atoms with E-state index in [0.29, 0.717) is 17.4 Å². The molecule has 0 aromatic heterocycles. The average Bonchev–Trinajstić information content (AvgIpc) is 3.11. The fourth-order valence-electron chi connectivity index (χ4n) is 3.34. The lowest BCUT2D eigenvalue weighted by Gasteiger charge is -2.40. The third-order valence-electron chi connectivity index (χ3n) is 4.42. The van der Waals surface area contributed by atoms with Crippen molar-refractivity contribution in [3.63, 3.8) is 0 Å². The van der Waals surface area contributed by atoms with Gasteiger partial charge in [-0.2, -0.15) is 0 Å². The van der Waals surface area contributed by atoms with E-state index in [9.17, 15) is 9.59 Å². The molecule has 1 aliphatic carbocycles. The molecule has 2 unspecified atom stereocenters. The molecule has 3 nitrogen and oxygen atoms in total. The molecule has 1 saturated carbocycles. The number of hydrogen-bond acceptors (Lipinski definition) is 2. The Morgan fingerprint density at radius 3 is 2.68 bits per heavy atom. The van der Waals surface area contributed by atoms with Gasteiger partial charge in [-0.15, -0.1) is 0 Å². The van der Waals surface area contributed by atoms with Crippen LogP contribution in [0.2, 0.25) is 5.02 Å². The van der Waals surface area contributed by atoms with Crippen LogP contribution >= 0.6 is 11.6 Å². The van der Waals surface area contributed by atoms with E-state index in [2.05, 4.69) is 12.2 Å². The van der Waals surface area contributed by atoms with Crippen molar-refractivity contribution in [2.24, 2.45) is 11.3 Å². The summed E-state index contributed by atoms with van der Waals surface area (Å²) in [4.78, 5) is 24.0. The zero-order chi connectivity index (χ0) is 13.6. The second kappa shape index (κ2) is 4.34. The first-order valence-corrected chi connectivity index (χ1v) is 6.97. The molecule has 2 atom stereocenters. The van der Waals surface area contributed by atoms with Gasteiger partial charge in [-0.1, -0.05) is 30.7 Å². The maximum Gasteiger partial charge on any atom is 0.234 e. The standard InChI is InChI=1S/C15H16ClNO2/c1-15(10-5-6-10)8-12(18)17-14(19)13(15)9-3-2-4-11(16)7-9/h2-4,7,10,13H,5-6,8H2,1H3,(H,17,18,19). The second-order valence-electron chi connectivity index (χ2n) is 5.86. The summed E-state index contributed by atoms with van der Waals surface area (Å²) in [6.45, 7) is 2.06. The van der Waals surface area contributed by atoms with Crippen LogP contribution in [0.1, 0.15) is 37.7 Å². The summed E-state index contributed by atoms with van der Waals surface area (Å²) in [6, 6.07) is 7.41. The highest BCUT2D eigenvalue weighted by molar-refractivity contribution is 6.30. The van der Waals surface area contributed by atoms with Crippen molar-refractivity contribution in [2.45, 2.75) is 32.1 Å². The van der Waals surface area contributed by atoms with Gasteiger partial charge in [-0.25, -0.2) is 0 Å². The number of carbonyl (C=O) groups excluding carboxylic acids is 2. The lowest BCUT2D eigenvalue weighted by Crippen LogP contribution is -2.50. The molecule has 1 aromatic carbocycles. The fourth-order valence-corrected chi connectivity index (χ4v) is 3.54. The van der Waals surface area contributed by atoms with Crippen LogP contribution in [0, 0.1) is 11.3 Å². The Morgan fingerprint density at radius 1 is 1.32 bits per heavy atom. The Balaban J connectivity index is 2.04. The van der Waals surface area contributed by atoms with Gasteiger partial charge in [-0.3, -0.25) is 14.9 Å². The minimum Gasteiger partial charge on any atom is -0.296 e. The molecule has 0 spiro atoms. The number of nitrogens with one attached hydrogen (secondary N) is 1. The molecular weight excluding hydrogens is 262 g/mol. The van der Waals surface area contributed by atoms with Gasteiger partial charge in [0, 0.05) is 11.4 Å². The number of halogens is 1. The largest absolute Gasteiger partial charge is 0.296 e. The van der Waals surface area contributed by atoms with Crippen LogP contribution in [0.4, 0.5) is 0 Å². The lowest BCUT2D eigenvalue weighted by molar-refractivity contribution is -0.140. The minimum atomic E-state index is -0.281. The topological polar surface area (TPSA) is 46.2 Å². The van der Waals surface area contributed by atoms with Crippen molar-refractivity contribution < 1.29 is 9.59 Å². The molecule has 1 heterocycles. The monoisotopic (exact) mass is 277 g/mol. The first-order valence-electron chi connectivity index (χ1n) is 6.60. The van der Waals surface area contributed by atoms with Crippen molar-refractivity contribution in [3.05, 3.63) is 34.9 Å². The number of amides is 2. The predicted molar refractivity (Wildman–Crippen MR) is 72.8 cm³/mol. The maximum absolute atomic E-state index is 12.3. The molecule has 1 saturated heterocycles. The average molecular weight is 278 g/mol. The Labute approximate surface area is 117 Å². The maximum atomic E-state index is 12.3. The molecule has 2 fully saturated rings. The van der Waals surface area contributed by atoms with E-state index in [-0.39, 0.29) is 23.1 Å². The van der Waals surface area contributed by atoms with Crippen LogP contribution in [0.25, 0.3) is 0 Å². The van der Waals surface area contributed by atoms with Crippen LogP contribution < -0.4 is 5.32 Å². The van der Waals surface area contributed by atoms with Crippen molar-refractivity contribution in [3.8, 4) is 0 Å². The van der Waals surface area contributed by atoms with Gasteiger partial charge in [0.2, 0.25) is 11.8 Å². The van der Waals surface area contributed by atoms with Gasteiger partial charge in [0.1, 0.15) is 0 Å². The van der Waals surface area contributed by atoms with Crippen LogP contribution in [-0.4, -0.2) is 11.8 Å². The quantitative estimate of drug-likeness (QED) is 0.845. The Hall–Kier alpha value is -1.35. The first kappa shape index (κ1) is 12.7. The van der Waals surface area contributed by atoms with E-state index in [1.165, 1.54) is 0 Å². The molecule has 1 aromatic rings. The highest BCUT2D eigenvalue weighted by atomic mass is 35.5. The molecule has 2 amide bonds. The number of imide groups is 1. The highest BCUT2D eigenvalue weighted by Crippen LogP contribution is 2.56. The van der Waals surface area contributed by atoms with E-state index >= 15 is 0 Å². The van der Waals surface area contributed by atoms with Gasteiger partial charge in [0.05, 0.1) is 5.92 Å². The summed E-state index contributed by atoms with van der Waals surface area (Å²) in [5.74, 6) is -0.159. The lowest BCUT2D eigenvalue weighted by atomic mass is 9.65. The van der Waals surface area contributed by atoms with Crippen LogP contribution in [0.5, 0.6) is 0 Å². The number of hydrogen-bond donors (Lipinski definition) is 1. The molecule has 3 rings (SSSR count). The molecule has 1 N–H and O–H groups in total. The van der Waals surface area contributed by atoms with E-state index in [0.717, 1.165) is 18.4 Å². The predicted octanol–water partition coefficient (Wildman–Crippen LogP) is 2.89. The molecule has 1 aliphatic heterocycles. The fraction of sp³-hybridized carbons (Fsp3) is 0.467. The SMILES string of the molecule is CC1(C2CC2)CC(=O)NC(=O)C1c1cccc(Cl)c1.